The first-order valence-corrected chi connectivity index (χ1v) is 7.35. The molecule has 22 heavy (non-hydrogen) atoms. The fourth-order valence-corrected chi connectivity index (χ4v) is 2.82. The lowest BCUT2D eigenvalue weighted by Gasteiger charge is -2.34. The highest BCUT2D eigenvalue weighted by Crippen LogP contribution is 2.48. The largest absolute Gasteiger partial charge is 0.497 e. The number of carboxylic acid groups (broad SMARTS) is 1. The van der Waals surface area contributed by atoms with Gasteiger partial charge >= 0.3 is 5.97 Å². The Labute approximate surface area is 128 Å². The molecular formula is C16H19NO5. The minimum Gasteiger partial charge on any atom is -0.497 e. The fourth-order valence-electron chi connectivity index (χ4n) is 2.82. The average Bonchev–Trinajstić information content (AvgIpc) is 3.36. The van der Waals surface area contributed by atoms with E-state index in [-0.39, 0.29) is 12.0 Å². The van der Waals surface area contributed by atoms with Crippen molar-refractivity contribution in [1.29, 1.82) is 0 Å². The van der Waals surface area contributed by atoms with E-state index in [1.54, 1.807) is 12.0 Å². The van der Waals surface area contributed by atoms with Crippen molar-refractivity contribution in [3.05, 3.63) is 29.8 Å². The number of hydrogen-bond acceptors (Lipinski definition) is 4. The molecule has 1 atom stereocenters. The highest BCUT2D eigenvalue weighted by Gasteiger charge is 2.58. The first-order valence-electron chi connectivity index (χ1n) is 7.35. The van der Waals surface area contributed by atoms with Crippen molar-refractivity contribution in [2.75, 3.05) is 26.8 Å². The van der Waals surface area contributed by atoms with E-state index in [0.29, 0.717) is 32.5 Å². The highest BCUT2D eigenvalue weighted by molar-refractivity contribution is 6.04. The molecule has 6 heteroatoms. The Hall–Kier alpha value is -2.08. The summed E-state index contributed by atoms with van der Waals surface area (Å²) in [5.74, 6) is -0.563. The van der Waals surface area contributed by atoms with Gasteiger partial charge in [-0.05, 0) is 30.5 Å². The van der Waals surface area contributed by atoms with Gasteiger partial charge in [-0.3, -0.25) is 9.59 Å². The normalized spacial score (nSPS) is 23.0. The van der Waals surface area contributed by atoms with Gasteiger partial charge in [-0.1, -0.05) is 12.1 Å². The Kier molecular flexibility index (Phi) is 3.78. The summed E-state index contributed by atoms with van der Waals surface area (Å²) in [4.78, 5) is 25.4. The van der Waals surface area contributed by atoms with Gasteiger partial charge in [0.25, 0.3) is 0 Å². The Bertz CT molecular complexity index is 596. The summed E-state index contributed by atoms with van der Waals surface area (Å²) in [6.45, 7) is 1.22. The van der Waals surface area contributed by atoms with Crippen LogP contribution in [0.3, 0.4) is 0 Å². The average molecular weight is 305 g/mol. The van der Waals surface area contributed by atoms with Crippen molar-refractivity contribution >= 4 is 11.9 Å². The van der Waals surface area contributed by atoms with Crippen LogP contribution >= 0.6 is 0 Å². The van der Waals surface area contributed by atoms with Crippen molar-refractivity contribution in [3.63, 3.8) is 0 Å². The number of amides is 1. The van der Waals surface area contributed by atoms with Crippen LogP contribution in [0.2, 0.25) is 0 Å². The Morgan fingerprint density at radius 1 is 1.41 bits per heavy atom. The van der Waals surface area contributed by atoms with E-state index in [1.165, 1.54) is 0 Å². The number of morpholine rings is 1. The van der Waals surface area contributed by atoms with E-state index in [2.05, 4.69) is 0 Å². The first kappa shape index (κ1) is 14.8. The zero-order valence-electron chi connectivity index (χ0n) is 12.4. The molecule has 6 nitrogen and oxygen atoms in total. The van der Waals surface area contributed by atoms with Crippen LogP contribution in [0.25, 0.3) is 0 Å². The predicted molar refractivity (Wildman–Crippen MR) is 77.6 cm³/mol. The summed E-state index contributed by atoms with van der Waals surface area (Å²) in [6.07, 6.45) is 0.613. The Balaban J connectivity index is 1.74. The molecule has 1 N–H and O–H groups in total. The van der Waals surface area contributed by atoms with E-state index in [1.807, 2.05) is 24.3 Å². The van der Waals surface area contributed by atoms with Crippen molar-refractivity contribution < 1.29 is 24.2 Å². The van der Waals surface area contributed by atoms with Crippen LogP contribution in [0.4, 0.5) is 0 Å². The van der Waals surface area contributed by atoms with Crippen LogP contribution in [0, 0.1) is 5.41 Å². The summed E-state index contributed by atoms with van der Waals surface area (Å²) in [5, 5.41) is 9.26. The molecule has 118 valence electrons. The van der Waals surface area contributed by atoms with E-state index in [0.717, 1.165) is 11.3 Å². The monoisotopic (exact) mass is 305 g/mol. The number of rotatable bonds is 4. The summed E-state index contributed by atoms with van der Waals surface area (Å²) in [6, 6.07) is 7.52. The van der Waals surface area contributed by atoms with Gasteiger partial charge in [0.05, 0.1) is 20.3 Å². The molecule has 2 aliphatic rings. The third-order valence-corrected chi connectivity index (χ3v) is 4.39. The lowest BCUT2D eigenvalue weighted by molar-refractivity contribution is -0.157. The number of benzene rings is 1. The fraction of sp³-hybridized carbons (Fsp3) is 0.500. The second-order valence-corrected chi connectivity index (χ2v) is 5.77. The molecule has 1 saturated carbocycles. The van der Waals surface area contributed by atoms with E-state index in [4.69, 9.17) is 9.47 Å². The lowest BCUT2D eigenvalue weighted by atomic mass is 10.0. The number of carbonyl (C=O) groups is 2. The van der Waals surface area contributed by atoms with Crippen molar-refractivity contribution in [3.8, 4) is 5.75 Å². The van der Waals surface area contributed by atoms with Gasteiger partial charge in [0.15, 0.2) is 0 Å². The van der Waals surface area contributed by atoms with Gasteiger partial charge in [-0.2, -0.15) is 0 Å². The van der Waals surface area contributed by atoms with Crippen LogP contribution in [0.15, 0.2) is 24.3 Å². The first-order chi connectivity index (χ1) is 10.6. The van der Waals surface area contributed by atoms with Crippen LogP contribution < -0.4 is 4.74 Å². The maximum atomic E-state index is 12.5. The minimum atomic E-state index is -1.18. The van der Waals surface area contributed by atoms with Gasteiger partial charge < -0.3 is 19.5 Å². The summed E-state index contributed by atoms with van der Waals surface area (Å²) < 4.78 is 10.9. The molecule has 1 heterocycles. The zero-order chi connectivity index (χ0) is 15.7. The van der Waals surface area contributed by atoms with Crippen LogP contribution in [0.1, 0.15) is 24.5 Å². The molecule has 1 aromatic carbocycles. The number of carbonyl (C=O) groups excluding carboxylic acids is 1. The number of carboxylic acids is 1. The third-order valence-electron chi connectivity index (χ3n) is 4.39. The number of nitrogens with zero attached hydrogens (tertiary/aromatic N) is 1. The maximum absolute atomic E-state index is 12.5. The molecule has 1 amide bonds. The van der Waals surface area contributed by atoms with E-state index < -0.39 is 11.4 Å². The molecule has 1 aliphatic carbocycles. The second kappa shape index (κ2) is 5.61. The number of hydrogen-bond donors (Lipinski definition) is 1. The quantitative estimate of drug-likeness (QED) is 0.852. The number of ether oxygens (including phenoxy) is 2. The summed E-state index contributed by atoms with van der Waals surface area (Å²) in [5.41, 5.74) is -0.256. The molecule has 0 bridgehead atoms. The van der Waals surface area contributed by atoms with Crippen LogP contribution in [0.5, 0.6) is 5.75 Å². The molecular weight excluding hydrogens is 286 g/mol. The molecule has 1 aromatic rings. The number of methoxy groups -OCH3 is 1. The third kappa shape index (κ3) is 2.54. The Morgan fingerprint density at radius 3 is 2.82 bits per heavy atom. The standard InChI is InChI=1S/C16H19NO5/c1-21-12-4-2-3-11(9-12)13-10-17(7-8-22-13)14(18)16(5-6-16)15(19)20/h2-4,9,13H,5-8,10H2,1H3,(H,19,20). The van der Waals surface area contributed by atoms with Crippen LogP contribution in [-0.2, 0) is 14.3 Å². The molecule has 1 aliphatic heterocycles. The SMILES string of the molecule is COc1cccc(C2CN(C(=O)C3(C(=O)O)CC3)CCO2)c1. The summed E-state index contributed by atoms with van der Waals surface area (Å²) in [7, 11) is 1.60. The molecule has 2 fully saturated rings. The van der Waals surface area contributed by atoms with Crippen molar-refractivity contribution in [2.45, 2.75) is 18.9 Å². The molecule has 1 saturated heterocycles. The predicted octanol–water partition coefficient (Wildman–Crippen LogP) is 1.46. The smallest absolute Gasteiger partial charge is 0.319 e. The van der Waals surface area contributed by atoms with Gasteiger partial charge in [0, 0.05) is 6.54 Å². The van der Waals surface area contributed by atoms with Crippen LogP contribution in [-0.4, -0.2) is 48.7 Å². The highest BCUT2D eigenvalue weighted by atomic mass is 16.5. The maximum Gasteiger partial charge on any atom is 0.319 e. The van der Waals surface area contributed by atoms with Crippen molar-refractivity contribution in [2.24, 2.45) is 5.41 Å². The lowest BCUT2D eigenvalue weighted by Crippen LogP contribution is -2.47. The van der Waals surface area contributed by atoms with Crippen molar-refractivity contribution in [1.82, 2.24) is 4.90 Å². The molecule has 1 unspecified atom stereocenters. The molecule has 3 rings (SSSR count). The molecule has 0 spiro atoms. The van der Waals surface area contributed by atoms with Gasteiger partial charge in [-0.15, -0.1) is 0 Å². The number of aliphatic carboxylic acids is 1. The zero-order valence-corrected chi connectivity index (χ0v) is 12.4. The second-order valence-electron chi connectivity index (χ2n) is 5.77. The topological polar surface area (TPSA) is 76.1 Å². The van der Waals surface area contributed by atoms with E-state index >= 15 is 0 Å². The molecule has 0 radical (unpaired) electrons. The Morgan fingerprint density at radius 2 is 2.18 bits per heavy atom. The van der Waals surface area contributed by atoms with Gasteiger partial charge in [-0.25, -0.2) is 0 Å². The van der Waals surface area contributed by atoms with Gasteiger partial charge in [0.1, 0.15) is 17.3 Å². The van der Waals surface area contributed by atoms with E-state index in [9.17, 15) is 14.7 Å². The van der Waals surface area contributed by atoms with Gasteiger partial charge in [0.2, 0.25) is 5.91 Å². The summed E-state index contributed by atoms with van der Waals surface area (Å²) >= 11 is 0. The molecule has 0 aromatic heterocycles. The minimum absolute atomic E-state index is 0.252.